The van der Waals surface area contributed by atoms with Crippen molar-refractivity contribution in [1.82, 2.24) is 15.6 Å². The number of nitrogens with zero attached hydrogens (tertiary/aromatic N) is 2. The zero-order valence-electron chi connectivity index (χ0n) is 17.0. The number of halogens is 3. The molecule has 2 N–H and O–H groups in total. The number of rotatable bonds is 3. The molecule has 8 heteroatoms. The summed E-state index contributed by atoms with van der Waals surface area (Å²) in [5.74, 6) is 0. The molecule has 2 amide bonds. The molecule has 2 heterocycles. The predicted molar refractivity (Wildman–Crippen MR) is 108 cm³/mol. The lowest BCUT2D eigenvalue weighted by Crippen LogP contribution is -2.53. The summed E-state index contributed by atoms with van der Waals surface area (Å²) in [6.45, 7) is 2.00. The Morgan fingerprint density at radius 1 is 1.13 bits per heavy atom. The standard InChI is InChI=1S/C22H25F3N4O/c1-15-12-18(22(23,24)25)27-13-17(15)29-14-20(28-19(29)30)8-10-21(26-2,11-9-20)16-6-4-3-5-7-16/h3-7,12-13,26H,8-11,14H2,1-2H3,(H,28,30). The smallest absolute Gasteiger partial charge is 0.330 e. The molecule has 30 heavy (non-hydrogen) atoms. The van der Waals surface area contributed by atoms with Crippen LogP contribution in [0, 0.1) is 6.92 Å². The molecule has 1 spiro atoms. The monoisotopic (exact) mass is 418 g/mol. The van der Waals surface area contributed by atoms with E-state index >= 15 is 0 Å². The van der Waals surface area contributed by atoms with Crippen molar-refractivity contribution in [2.75, 3.05) is 18.5 Å². The number of benzene rings is 1. The Bertz CT molecular complexity index is 937. The van der Waals surface area contributed by atoms with Crippen molar-refractivity contribution < 1.29 is 18.0 Å². The average Bonchev–Trinajstić information content (AvgIpc) is 3.04. The summed E-state index contributed by atoms with van der Waals surface area (Å²) in [5.41, 5.74) is 0.557. The van der Waals surface area contributed by atoms with Crippen LogP contribution in [0.1, 0.15) is 42.5 Å². The van der Waals surface area contributed by atoms with Gasteiger partial charge >= 0.3 is 12.2 Å². The van der Waals surface area contributed by atoms with Gasteiger partial charge in [0.25, 0.3) is 0 Å². The number of aryl methyl sites for hydroxylation is 1. The van der Waals surface area contributed by atoms with E-state index in [1.54, 1.807) is 6.92 Å². The minimum absolute atomic E-state index is 0.142. The van der Waals surface area contributed by atoms with E-state index in [0.717, 1.165) is 37.9 Å². The summed E-state index contributed by atoms with van der Waals surface area (Å²) in [7, 11) is 1.96. The van der Waals surface area contributed by atoms with Crippen LogP contribution < -0.4 is 15.5 Å². The second-order valence-corrected chi connectivity index (χ2v) is 8.35. The first-order valence-electron chi connectivity index (χ1n) is 10.1. The minimum atomic E-state index is -4.50. The highest BCUT2D eigenvalue weighted by Crippen LogP contribution is 2.44. The Kier molecular flexibility index (Phi) is 5.00. The molecule has 1 aliphatic heterocycles. The lowest BCUT2D eigenvalue weighted by Gasteiger charge is -2.45. The van der Waals surface area contributed by atoms with Gasteiger partial charge in [-0.1, -0.05) is 30.3 Å². The van der Waals surface area contributed by atoms with Crippen LogP contribution in [-0.4, -0.2) is 30.1 Å². The van der Waals surface area contributed by atoms with Crippen LogP contribution >= 0.6 is 0 Å². The summed E-state index contributed by atoms with van der Waals surface area (Å²) in [6.07, 6.45) is -0.0928. The van der Waals surface area contributed by atoms with E-state index in [2.05, 4.69) is 27.8 Å². The number of anilines is 1. The maximum absolute atomic E-state index is 12.9. The minimum Gasteiger partial charge on any atom is -0.330 e. The van der Waals surface area contributed by atoms with Crippen LogP contribution in [0.5, 0.6) is 0 Å². The second kappa shape index (κ2) is 7.27. The molecule has 2 aromatic rings. The normalized spacial score (nSPS) is 26.8. The zero-order valence-corrected chi connectivity index (χ0v) is 17.0. The first kappa shape index (κ1) is 20.7. The van der Waals surface area contributed by atoms with Crippen LogP contribution in [0.3, 0.4) is 0 Å². The van der Waals surface area contributed by atoms with Crippen LogP contribution in [0.4, 0.5) is 23.7 Å². The summed E-state index contributed by atoms with van der Waals surface area (Å²) < 4.78 is 38.8. The zero-order chi connectivity index (χ0) is 21.6. The largest absolute Gasteiger partial charge is 0.433 e. The topological polar surface area (TPSA) is 57.3 Å². The molecule has 1 aliphatic carbocycles. The highest BCUT2D eigenvalue weighted by molar-refractivity contribution is 5.95. The molecule has 2 aliphatic rings. The van der Waals surface area contributed by atoms with E-state index in [1.807, 2.05) is 25.2 Å². The van der Waals surface area contributed by atoms with E-state index in [4.69, 9.17) is 0 Å². The Morgan fingerprint density at radius 2 is 1.80 bits per heavy atom. The number of pyridine rings is 1. The quantitative estimate of drug-likeness (QED) is 0.779. The van der Waals surface area contributed by atoms with Crippen molar-refractivity contribution in [2.24, 2.45) is 0 Å². The molecular formula is C22H25F3N4O. The van der Waals surface area contributed by atoms with Gasteiger partial charge in [0.15, 0.2) is 0 Å². The van der Waals surface area contributed by atoms with Crippen molar-refractivity contribution in [1.29, 1.82) is 0 Å². The molecule has 0 radical (unpaired) electrons. The van der Waals surface area contributed by atoms with Crippen LogP contribution in [0.15, 0.2) is 42.6 Å². The van der Waals surface area contributed by atoms with Crippen LogP contribution in [0.2, 0.25) is 0 Å². The molecule has 0 bridgehead atoms. The first-order valence-corrected chi connectivity index (χ1v) is 10.1. The maximum atomic E-state index is 12.9. The number of alkyl halides is 3. The number of hydrogen-bond donors (Lipinski definition) is 2. The molecule has 0 atom stereocenters. The van der Waals surface area contributed by atoms with E-state index < -0.39 is 11.9 Å². The summed E-state index contributed by atoms with van der Waals surface area (Å²) in [6, 6.07) is 11.0. The second-order valence-electron chi connectivity index (χ2n) is 8.35. The average molecular weight is 418 g/mol. The fourth-order valence-corrected chi connectivity index (χ4v) is 4.77. The molecule has 160 valence electrons. The lowest BCUT2D eigenvalue weighted by atomic mass is 9.69. The molecule has 2 fully saturated rings. The number of amides is 2. The van der Waals surface area contributed by atoms with Gasteiger partial charge in [-0.05, 0) is 56.8 Å². The molecule has 1 saturated carbocycles. The lowest BCUT2D eigenvalue weighted by molar-refractivity contribution is -0.141. The highest BCUT2D eigenvalue weighted by atomic mass is 19.4. The van der Waals surface area contributed by atoms with Gasteiger partial charge in [-0.2, -0.15) is 13.2 Å². The van der Waals surface area contributed by atoms with Gasteiger partial charge in [-0.15, -0.1) is 0 Å². The van der Waals surface area contributed by atoms with Crippen molar-refractivity contribution in [3.05, 3.63) is 59.4 Å². The van der Waals surface area contributed by atoms with Crippen molar-refractivity contribution in [3.63, 3.8) is 0 Å². The number of carbonyl (C=O) groups excluding carboxylic acids is 1. The molecule has 1 saturated heterocycles. The van der Waals surface area contributed by atoms with Gasteiger partial charge in [0, 0.05) is 5.54 Å². The Labute approximate surface area is 173 Å². The molecule has 4 rings (SSSR count). The fraction of sp³-hybridized carbons (Fsp3) is 0.455. The SMILES string of the molecule is CNC1(c2ccccc2)CCC2(CC1)CN(c1cnc(C(F)(F)F)cc1C)C(=O)N2. The Morgan fingerprint density at radius 3 is 2.37 bits per heavy atom. The maximum Gasteiger partial charge on any atom is 0.433 e. The molecule has 5 nitrogen and oxygen atoms in total. The van der Waals surface area contributed by atoms with Gasteiger partial charge in [-0.25, -0.2) is 9.78 Å². The van der Waals surface area contributed by atoms with Gasteiger partial charge in [0.1, 0.15) is 5.69 Å². The van der Waals surface area contributed by atoms with E-state index in [1.165, 1.54) is 10.5 Å². The Hall–Kier alpha value is -2.61. The van der Waals surface area contributed by atoms with E-state index in [0.29, 0.717) is 17.8 Å². The third-order valence-electron chi connectivity index (χ3n) is 6.61. The number of aromatic nitrogens is 1. The van der Waals surface area contributed by atoms with Crippen molar-refractivity contribution in [3.8, 4) is 0 Å². The van der Waals surface area contributed by atoms with E-state index in [-0.39, 0.29) is 17.1 Å². The van der Waals surface area contributed by atoms with Gasteiger partial charge < -0.3 is 10.6 Å². The fourth-order valence-electron chi connectivity index (χ4n) is 4.77. The number of hydrogen-bond acceptors (Lipinski definition) is 3. The van der Waals surface area contributed by atoms with Crippen molar-refractivity contribution in [2.45, 2.75) is 49.9 Å². The van der Waals surface area contributed by atoms with Crippen LogP contribution in [0.25, 0.3) is 0 Å². The first-order chi connectivity index (χ1) is 14.2. The number of urea groups is 1. The Balaban J connectivity index is 1.53. The van der Waals surface area contributed by atoms with Gasteiger partial charge in [-0.3, -0.25) is 4.90 Å². The van der Waals surface area contributed by atoms with Gasteiger partial charge in [0.2, 0.25) is 0 Å². The molecular weight excluding hydrogens is 393 g/mol. The predicted octanol–water partition coefficient (Wildman–Crippen LogP) is 4.37. The number of nitrogens with one attached hydrogen (secondary N) is 2. The third-order valence-corrected chi connectivity index (χ3v) is 6.61. The summed E-state index contributed by atoms with van der Waals surface area (Å²) in [4.78, 5) is 17.8. The van der Waals surface area contributed by atoms with Crippen molar-refractivity contribution >= 4 is 11.7 Å². The molecule has 1 aromatic heterocycles. The molecule has 0 unspecified atom stereocenters. The van der Waals surface area contributed by atoms with E-state index in [9.17, 15) is 18.0 Å². The summed E-state index contributed by atoms with van der Waals surface area (Å²) >= 11 is 0. The van der Waals surface area contributed by atoms with Gasteiger partial charge in [0.05, 0.1) is 24.0 Å². The summed E-state index contributed by atoms with van der Waals surface area (Å²) in [5, 5.41) is 6.59. The number of carbonyl (C=O) groups is 1. The molecule has 1 aromatic carbocycles. The van der Waals surface area contributed by atoms with Crippen LogP contribution in [-0.2, 0) is 11.7 Å². The highest BCUT2D eigenvalue weighted by Gasteiger charge is 2.49. The third kappa shape index (κ3) is 3.53.